The molecule has 0 bridgehead atoms. The summed E-state index contributed by atoms with van der Waals surface area (Å²) in [5.74, 6) is 1.19. The van der Waals surface area contributed by atoms with E-state index in [1.54, 1.807) is 0 Å². The zero-order valence-corrected chi connectivity index (χ0v) is 16.6. The fourth-order valence-corrected chi connectivity index (χ4v) is 4.28. The number of nitrogens with one attached hydrogen (secondary N) is 1. The number of morpholine rings is 1. The van der Waals surface area contributed by atoms with Crippen LogP contribution in [0.1, 0.15) is 34.9 Å². The minimum Gasteiger partial charge on any atom is -0.462 e. The van der Waals surface area contributed by atoms with Gasteiger partial charge in [0.25, 0.3) is 0 Å². The molecule has 8 heteroatoms. The highest BCUT2D eigenvalue weighted by Gasteiger charge is 2.22. The van der Waals surface area contributed by atoms with Crippen molar-refractivity contribution in [3.05, 3.63) is 16.3 Å². The maximum atomic E-state index is 12.2. The number of rotatable bonds is 6. The molecule has 3 rings (SSSR count). The maximum Gasteiger partial charge on any atom is 0.348 e. The zero-order chi connectivity index (χ0) is 18.7. The fourth-order valence-electron chi connectivity index (χ4n) is 3.16. The summed E-state index contributed by atoms with van der Waals surface area (Å²) in [7, 11) is 0. The van der Waals surface area contributed by atoms with Crippen molar-refractivity contribution in [1.82, 2.24) is 14.9 Å². The first-order valence-corrected chi connectivity index (χ1v) is 9.83. The number of aromatic nitrogens is 2. The van der Waals surface area contributed by atoms with E-state index < -0.39 is 0 Å². The van der Waals surface area contributed by atoms with Crippen LogP contribution in [0.25, 0.3) is 10.2 Å². The molecule has 0 saturated carbocycles. The van der Waals surface area contributed by atoms with Crippen LogP contribution in [-0.2, 0) is 9.47 Å². The van der Waals surface area contributed by atoms with Crippen molar-refractivity contribution >= 4 is 33.3 Å². The molecule has 1 saturated heterocycles. The van der Waals surface area contributed by atoms with Gasteiger partial charge in [0, 0.05) is 25.7 Å². The summed E-state index contributed by atoms with van der Waals surface area (Å²) < 4.78 is 10.6. The molecular formula is C18H26N4O3S. The van der Waals surface area contributed by atoms with Crippen LogP contribution in [0.5, 0.6) is 0 Å². The van der Waals surface area contributed by atoms with Crippen molar-refractivity contribution in [1.29, 1.82) is 0 Å². The van der Waals surface area contributed by atoms with E-state index in [2.05, 4.69) is 27.1 Å². The van der Waals surface area contributed by atoms with E-state index in [1.165, 1.54) is 11.3 Å². The molecule has 1 unspecified atom stereocenters. The monoisotopic (exact) mass is 378 g/mol. The third-order valence-electron chi connectivity index (χ3n) is 4.60. The third kappa shape index (κ3) is 3.97. The molecule has 3 heterocycles. The fraction of sp³-hybridized carbons (Fsp3) is 0.611. The van der Waals surface area contributed by atoms with E-state index in [0.717, 1.165) is 54.4 Å². The molecule has 1 aliphatic heterocycles. The van der Waals surface area contributed by atoms with E-state index >= 15 is 0 Å². The Morgan fingerprint density at radius 3 is 2.77 bits per heavy atom. The van der Waals surface area contributed by atoms with Gasteiger partial charge in [0.2, 0.25) is 0 Å². The molecule has 0 amide bonds. The smallest absolute Gasteiger partial charge is 0.348 e. The second-order valence-corrected chi connectivity index (χ2v) is 7.45. The van der Waals surface area contributed by atoms with Gasteiger partial charge < -0.3 is 14.8 Å². The maximum absolute atomic E-state index is 12.2. The van der Waals surface area contributed by atoms with Crippen LogP contribution < -0.4 is 5.32 Å². The Morgan fingerprint density at radius 2 is 2.08 bits per heavy atom. The van der Waals surface area contributed by atoms with Crippen molar-refractivity contribution in [2.45, 2.75) is 33.7 Å². The van der Waals surface area contributed by atoms with Crippen LogP contribution in [-0.4, -0.2) is 66.3 Å². The summed E-state index contributed by atoms with van der Waals surface area (Å²) in [6, 6.07) is 0.368. The Bertz CT molecular complexity index is 786. The first-order chi connectivity index (χ1) is 12.5. The number of anilines is 1. The molecule has 7 nitrogen and oxygen atoms in total. The number of thiophene rings is 1. The van der Waals surface area contributed by atoms with Gasteiger partial charge in [-0.25, -0.2) is 14.8 Å². The quantitative estimate of drug-likeness (QED) is 0.774. The van der Waals surface area contributed by atoms with Crippen LogP contribution >= 0.6 is 11.3 Å². The molecule has 142 valence electrons. The lowest BCUT2D eigenvalue weighted by atomic mass is 10.2. The predicted octanol–water partition coefficient (Wildman–Crippen LogP) is 2.62. The average molecular weight is 378 g/mol. The average Bonchev–Trinajstić information content (AvgIpc) is 2.97. The van der Waals surface area contributed by atoms with Crippen LogP contribution in [0.15, 0.2) is 0 Å². The summed E-state index contributed by atoms with van der Waals surface area (Å²) in [6.45, 7) is 12.4. The molecule has 26 heavy (non-hydrogen) atoms. The van der Waals surface area contributed by atoms with Gasteiger partial charge >= 0.3 is 5.97 Å². The lowest BCUT2D eigenvalue weighted by Crippen LogP contribution is -2.45. The summed E-state index contributed by atoms with van der Waals surface area (Å²) in [5.41, 5.74) is 0.880. The molecule has 2 aromatic heterocycles. The lowest BCUT2D eigenvalue weighted by Gasteiger charge is -2.32. The van der Waals surface area contributed by atoms with Crippen molar-refractivity contribution in [3.63, 3.8) is 0 Å². The van der Waals surface area contributed by atoms with Gasteiger partial charge in [0.05, 0.1) is 25.2 Å². The molecule has 0 radical (unpaired) electrons. The van der Waals surface area contributed by atoms with E-state index in [0.29, 0.717) is 23.4 Å². The number of fused-ring (bicyclic) bond motifs is 1. The Morgan fingerprint density at radius 1 is 1.35 bits per heavy atom. The molecule has 0 aliphatic carbocycles. The summed E-state index contributed by atoms with van der Waals surface area (Å²) >= 11 is 1.37. The Hall–Kier alpha value is -1.77. The van der Waals surface area contributed by atoms with Gasteiger partial charge in [-0.05, 0) is 33.3 Å². The van der Waals surface area contributed by atoms with Crippen molar-refractivity contribution in [2.24, 2.45) is 0 Å². The first-order valence-electron chi connectivity index (χ1n) is 9.01. The van der Waals surface area contributed by atoms with Gasteiger partial charge in [0.15, 0.2) is 0 Å². The molecule has 1 fully saturated rings. The van der Waals surface area contributed by atoms with Gasteiger partial charge in [-0.15, -0.1) is 11.3 Å². The van der Waals surface area contributed by atoms with Crippen molar-refractivity contribution in [3.8, 4) is 0 Å². The first kappa shape index (κ1) is 19.0. The molecule has 0 spiro atoms. The number of ether oxygens (including phenoxy) is 2. The third-order valence-corrected chi connectivity index (χ3v) is 5.76. The molecular weight excluding hydrogens is 352 g/mol. The standard InChI is InChI=1S/C18H26N4O3S/c1-5-25-18(23)15-12(3)14-16(20-13(4)21-17(14)26-15)19-10-11(2)22-6-8-24-9-7-22/h11H,5-10H2,1-4H3,(H,19,20,21). The highest BCUT2D eigenvalue weighted by Crippen LogP contribution is 2.34. The minimum atomic E-state index is -0.293. The van der Waals surface area contributed by atoms with Crippen molar-refractivity contribution in [2.75, 3.05) is 44.8 Å². The molecule has 1 aliphatic rings. The van der Waals surface area contributed by atoms with Gasteiger partial charge in [-0.1, -0.05) is 0 Å². The predicted molar refractivity (Wildman–Crippen MR) is 103 cm³/mol. The second-order valence-electron chi connectivity index (χ2n) is 6.45. The normalized spacial score (nSPS) is 16.6. The number of carbonyl (C=O) groups excluding carboxylic acids is 1. The number of carbonyl (C=O) groups is 1. The highest BCUT2D eigenvalue weighted by molar-refractivity contribution is 7.20. The zero-order valence-electron chi connectivity index (χ0n) is 15.8. The largest absolute Gasteiger partial charge is 0.462 e. The molecule has 2 aromatic rings. The van der Waals surface area contributed by atoms with E-state index in [1.807, 2.05) is 20.8 Å². The summed E-state index contributed by atoms with van der Waals surface area (Å²) in [6.07, 6.45) is 0. The van der Waals surface area contributed by atoms with Crippen LogP contribution in [0, 0.1) is 13.8 Å². The van der Waals surface area contributed by atoms with Gasteiger partial charge in [-0.2, -0.15) is 0 Å². The van der Waals surface area contributed by atoms with Crippen LogP contribution in [0.2, 0.25) is 0 Å². The molecule has 1 N–H and O–H groups in total. The van der Waals surface area contributed by atoms with Gasteiger partial charge in [-0.3, -0.25) is 4.90 Å². The van der Waals surface area contributed by atoms with E-state index in [9.17, 15) is 4.79 Å². The summed E-state index contributed by atoms with van der Waals surface area (Å²) in [4.78, 5) is 25.1. The molecule has 0 aromatic carbocycles. The minimum absolute atomic E-state index is 0.293. The van der Waals surface area contributed by atoms with E-state index in [4.69, 9.17) is 9.47 Å². The molecule has 1 atom stereocenters. The number of hydrogen-bond acceptors (Lipinski definition) is 8. The Kier molecular flexibility index (Phi) is 6.05. The highest BCUT2D eigenvalue weighted by atomic mass is 32.1. The number of aryl methyl sites for hydroxylation is 2. The lowest BCUT2D eigenvalue weighted by molar-refractivity contribution is 0.0227. The summed E-state index contributed by atoms with van der Waals surface area (Å²) in [5, 5.41) is 4.39. The number of nitrogens with zero attached hydrogens (tertiary/aromatic N) is 3. The number of hydrogen-bond donors (Lipinski definition) is 1. The second kappa shape index (κ2) is 8.28. The van der Waals surface area contributed by atoms with Crippen LogP contribution in [0.3, 0.4) is 0 Å². The van der Waals surface area contributed by atoms with E-state index in [-0.39, 0.29) is 5.97 Å². The Balaban J connectivity index is 1.84. The topological polar surface area (TPSA) is 76.6 Å². The Labute approximate surface area is 157 Å². The SMILES string of the molecule is CCOC(=O)c1sc2nc(C)nc(NCC(C)N3CCOCC3)c2c1C. The van der Waals surface area contributed by atoms with Gasteiger partial charge in [0.1, 0.15) is 21.3 Å². The van der Waals surface area contributed by atoms with Crippen LogP contribution in [0.4, 0.5) is 5.82 Å². The van der Waals surface area contributed by atoms with Crippen molar-refractivity contribution < 1.29 is 14.3 Å². The number of esters is 1.